The van der Waals surface area contributed by atoms with E-state index in [-0.39, 0.29) is 0 Å². The summed E-state index contributed by atoms with van der Waals surface area (Å²) >= 11 is 5.92. The van der Waals surface area contributed by atoms with Crippen LogP contribution in [0, 0.1) is 6.92 Å². The van der Waals surface area contributed by atoms with E-state index < -0.39 is 0 Å². The van der Waals surface area contributed by atoms with Crippen molar-refractivity contribution in [1.29, 1.82) is 0 Å². The summed E-state index contributed by atoms with van der Waals surface area (Å²) in [5, 5.41) is 0.810. The number of aryl methyl sites for hydroxylation is 1. The van der Waals surface area contributed by atoms with Gasteiger partial charge in [0.15, 0.2) is 0 Å². The van der Waals surface area contributed by atoms with Crippen molar-refractivity contribution in [2.24, 2.45) is 0 Å². The maximum atomic E-state index is 5.92. The lowest BCUT2D eigenvalue weighted by atomic mass is 10.0. The summed E-state index contributed by atoms with van der Waals surface area (Å²) in [5.41, 5.74) is 3.93. The number of rotatable bonds is 2. The third kappa shape index (κ3) is 2.60. The average molecular weight is 217 g/mol. The van der Waals surface area contributed by atoms with Crippen molar-refractivity contribution in [1.82, 2.24) is 0 Å². The highest BCUT2D eigenvalue weighted by molar-refractivity contribution is 6.30. The molecule has 0 bridgehead atoms. The van der Waals surface area contributed by atoms with Crippen LogP contribution < -0.4 is 0 Å². The van der Waals surface area contributed by atoms with E-state index in [1.165, 1.54) is 16.7 Å². The van der Waals surface area contributed by atoms with E-state index in [0.29, 0.717) is 0 Å². The molecule has 0 amide bonds. The predicted molar refractivity (Wildman–Crippen MR) is 65.4 cm³/mol. The molecule has 15 heavy (non-hydrogen) atoms. The van der Waals surface area contributed by atoms with Crippen LogP contribution in [0.1, 0.15) is 16.7 Å². The molecule has 1 heteroatoms. The van der Waals surface area contributed by atoms with Crippen LogP contribution >= 0.6 is 11.6 Å². The zero-order chi connectivity index (χ0) is 10.7. The fraction of sp³-hybridized carbons (Fsp3) is 0.143. The Balaban J connectivity index is 2.25. The molecular formula is C14H13Cl. The average Bonchev–Trinajstić information content (AvgIpc) is 2.24. The van der Waals surface area contributed by atoms with Crippen LogP contribution in [0.2, 0.25) is 5.02 Å². The first kappa shape index (κ1) is 10.3. The van der Waals surface area contributed by atoms with Gasteiger partial charge in [-0.05, 0) is 42.2 Å². The number of benzene rings is 2. The summed E-state index contributed by atoms with van der Waals surface area (Å²) in [6, 6.07) is 16.5. The topological polar surface area (TPSA) is 0 Å². The smallest absolute Gasteiger partial charge is 0.0408 e. The summed E-state index contributed by atoms with van der Waals surface area (Å²) in [6.07, 6.45) is 0.976. The molecule has 0 N–H and O–H groups in total. The fourth-order valence-electron chi connectivity index (χ4n) is 1.67. The molecule has 0 fully saturated rings. The van der Waals surface area contributed by atoms with Crippen LogP contribution in [0.25, 0.3) is 0 Å². The summed E-state index contributed by atoms with van der Waals surface area (Å²) < 4.78 is 0. The van der Waals surface area contributed by atoms with Crippen LogP contribution in [0.4, 0.5) is 0 Å². The quantitative estimate of drug-likeness (QED) is 0.705. The van der Waals surface area contributed by atoms with Gasteiger partial charge < -0.3 is 0 Å². The van der Waals surface area contributed by atoms with Crippen molar-refractivity contribution >= 4 is 11.6 Å². The fourth-order valence-corrected chi connectivity index (χ4v) is 1.90. The standard InChI is InChI=1S/C14H13Cl/c1-11-9-14(15)8-7-13(11)10-12-5-3-2-4-6-12/h2-9H,10H2,1H3. The van der Waals surface area contributed by atoms with E-state index in [1.54, 1.807) is 0 Å². The van der Waals surface area contributed by atoms with E-state index in [4.69, 9.17) is 11.6 Å². The summed E-state index contributed by atoms with van der Waals surface area (Å²) in [7, 11) is 0. The highest BCUT2D eigenvalue weighted by Gasteiger charge is 2.00. The highest BCUT2D eigenvalue weighted by atomic mass is 35.5. The first-order valence-corrected chi connectivity index (χ1v) is 5.42. The molecule has 0 spiro atoms. The molecule has 2 aromatic carbocycles. The molecule has 0 saturated carbocycles. The molecule has 0 saturated heterocycles. The maximum Gasteiger partial charge on any atom is 0.0408 e. The lowest BCUT2D eigenvalue weighted by molar-refractivity contribution is 1.16. The van der Waals surface area contributed by atoms with E-state index in [2.05, 4.69) is 37.3 Å². The largest absolute Gasteiger partial charge is 0.0843 e. The van der Waals surface area contributed by atoms with Gasteiger partial charge in [0, 0.05) is 5.02 Å². The van der Waals surface area contributed by atoms with Gasteiger partial charge in [0.25, 0.3) is 0 Å². The first-order chi connectivity index (χ1) is 7.25. The van der Waals surface area contributed by atoms with Gasteiger partial charge in [-0.1, -0.05) is 48.0 Å². The SMILES string of the molecule is Cc1cc(Cl)ccc1Cc1ccccc1. The minimum Gasteiger partial charge on any atom is -0.0843 e. The number of halogens is 1. The molecular weight excluding hydrogens is 204 g/mol. The van der Waals surface area contributed by atoms with Crippen LogP contribution in [-0.2, 0) is 6.42 Å². The molecule has 0 aliphatic rings. The van der Waals surface area contributed by atoms with Gasteiger partial charge in [-0.2, -0.15) is 0 Å². The van der Waals surface area contributed by atoms with Crippen molar-refractivity contribution in [3.8, 4) is 0 Å². The normalized spacial score (nSPS) is 10.3. The van der Waals surface area contributed by atoms with Crippen molar-refractivity contribution < 1.29 is 0 Å². The minimum atomic E-state index is 0.810. The molecule has 0 aliphatic heterocycles. The Morgan fingerprint density at radius 2 is 1.73 bits per heavy atom. The zero-order valence-electron chi connectivity index (χ0n) is 8.70. The molecule has 0 nitrogen and oxygen atoms in total. The minimum absolute atomic E-state index is 0.810. The second-order valence-corrected chi connectivity index (χ2v) is 4.17. The number of hydrogen-bond donors (Lipinski definition) is 0. The third-order valence-electron chi connectivity index (χ3n) is 2.54. The maximum absolute atomic E-state index is 5.92. The molecule has 2 aromatic rings. The van der Waals surface area contributed by atoms with Gasteiger partial charge in [-0.25, -0.2) is 0 Å². The number of hydrogen-bond acceptors (Lipinski definition) is 0. The van der Waals surface area contributed by atoms with Crippen LogP contribution in [0.5, 0.6) is 0 Å². The van der Waals surface area contributed by atoms with Crippen LogP contribution in [0.15, 0.2) is 48.5 Å². The molecule has 0 aliphatic carbocycles. The van der Waals surface area contributed by atoms with Crippen molar-refractivity contribution in [2.75, 3.05) is 0 Å². The van der Waals surface area contributed by atoms with Crippen molar-refractivity contribution in [3.63, 3.8) is 0 Å². The lowest BCUT2D eigenvalue weighted by Gasteiger charge is -2.06. The Hall–Kier alpha value is -1.27. The first-order valence-electron chi connectivity index (χ1n) is 5.04. The second-order valence-electron chi connectivity index (χ2n) is 3.73. The molecule has 76 valence electrons. The summed E-state index contributed by atoms with van der Waals surface area (Å²) in [6.45, 7) is 2.10. The molecule has 0 atom stereocenters. The Kier molecular flexibility index (Phi) is 3.08. The van der Waals surface area contributed by atoms with Crippen molar-refractivity contribution in [2.45, 2.75) is 13.3 Å². The second kappa shape index (κ2) is 4.50. The van der Waals surface area contributed by atoms with Gasteiger partial charge >= 0.3 is 0 Å². The monoisotopic (exact) mass is 216 g/mol. The summed E-state index contributed by atoms with van der Waals surface area (Å²) in [5.74, 6) is 0. The van der Waals surface area contributed by atoms with Gasteiger partial charge in [-0.3, -0.25) is 0 Å². The zero-order valence-corrected chi connectivity index (χ0v) is 9.46. The van der Waals surface area contributed by atoms with E-state index in [1.807, 2.05) is 18.2 Å². The molecule has 0 heterocycles. The predicted octanol–water partition coefficient (Wildman–Crippen LogP) is 4.24. The van der Waals surface area contributed by atoms with Crippen molar-refractivity contribution in [3.05, 3.63) is 70.2 Å². The van der Waals surface area contributed by atoms with E-state index in [0.717, 1.165) is 11.4 Å². The van der Waals surface area contributed by atoms with Crippen LogP contribution in [0.3, 0.4) is 0 Å². The Bertz CT molecular complexity index is 446. The van der Waals surface area contributed by atoms with Gasteiger partial charge in [0.1, 0.15) is 0 Å². The Morgan fingerprint density at radius 1 is 1.00 bits per heavy atom. The molecule has 0 radical (unpaired) electrons. The highest BCUT2D eigenvalue weighted by Crippen LogP contribution is 2.18. The van der Waals surface area contributed by atoms with E-state index in [9.17, 15) is 0 Å². The Morgan fingerprint density at radius 3 is 2.40 bits per heavy atom. The molecule has 0 unspecified atom stereocenters. The van der Waals surface area contributed by atoms with E-state index >= 15 is 0 Å². The molecule has 2 rings (SSSR count). The lowest BCUT2D eigenvalue weighted by Crippen LogP contribution is -1.91. The van der Waals surface area contributed by atoms with Crippen LogP contribution in [-0.4, -0.2) is 0 Å². The van der Waals surface area contributed by atoms with Gasteiger partial charge in [-0.15, -0.1) is 0 Å². The molecule has 0 aromatic heterocycles. The summed E-state index contributed by atoms with van der Waals surface area (Å²) in [4.78, 5) is 0. The van der Waals surface area contributed by atoms with Gasteiger partial charge in [0.2, 0.25) is 0 Å². The van der Waals surface area contributed by atoms with Gasteiger partial charge in [0.05, 0.1) is 0 Å². The Labute approximate surface area is 95.5 Å². The third-order valence-corrected chi connectivity index (χ3v) is 2.78.